The highest BCUT2D eigenvalue weighted by molar-refractivity contribution is 7.92. The van der Waals surface area contributed by atoms with E-state index >= 15 is 0 Å². The number of primary amides is 1. The minimum Gasteiger partial charge on any atom is -0.481 e. The topological polar surface area (TPSA) is 102 Å². The Kier molecular flexibility index (Phi) is 5.30. The van der Waals surface area contributed by atoms with E-state index in [1.807, 2.05) is 0 Å². The second-order valence-corrected chi connectivity index (χ2v) is 6.86. The summed E-state index contributed by atoms with van der Waals surface area (Å²) in [6.07, 6.45) is -1.10. The van der Waals surface area contributed by atoms with Crippen LogP contribution in [0.4, 0.5) is 4.79 Å². The minimum atomic E-state index is -1.000. The Bertz CT molecular complexity index is 678. The van der Waals surface area contributed by atoms with E-state index in [4.69, 9.17) is 38.8 Å². The standard InChI is InChI=1S/C13H13Cl2N3O4S/c1-18(6-5-9(19)20)11(12(17-23-18)22-13(16)21)10-7(14)3-2-4-8(10)15/h2-4,17H,5-6H2,1H3,(H2-,16,19,20,21)/p+1. The van der Waals surface area contributed by atoms with Gasteiger partial charge in [0.05, 0.1) is 29.1 Å². The third-order valence-electron chi connectivity index (χ3n) is 3.18. The molecule has 1 aromatic rings. The van der Waals surface area contributed by atoms with E-state index in [9.17, 15) is 9.59 Å². The van der Waals surface area contributed by atoms with Crippen molar-refractivity contribution in [1.82, 2.24) is 4.72 Å². The molecule has 7 nitrogen and oxygen atoms in total. The number of amides is 1. The summed E-state index contributed by atoms with van der Waals surface area (Å²) < 4.78 is 7.89. The van der Waals surface area contributed by atoms with Gasteiger partial charge in [0.2, 0.25) is 17.8 Å². The number of aliphatic carboxylic acids is 1. The predicted molar refractivity (Wildman–Crippen MR) is 88.1 cm³/mol. The van der Waals surface area contributed by atoms with Gasteiger partial charge in [0.15, 0.2) is 0 Å². The predicted octanol–water partition coefficient (Wildman–Crippen LogP) is 2.80. The number of carbonyl (C=O) groups excluding carboxylic acids is 1. The number of hydrogen-bond donors (Lipinski definition) is 3. The van der Waals surface area contributed by atoms with Gasteiger partial charge in [0, 0.05) is 0 Å². The molecule has 0 saturated heterocycles. The zero-order chi connectivity index (χ0) is 17.2. The number of halogens is 2. The van der Waals surface area contributed by atoms with Crippen molar-refractivity contribution in [2.75, 3.05) is 13.6 Å². The number of quaternary nitrogens is 1. The first-order valence-electron chi connectivity index (χ1n) is 6.43. The molecule has 1 heterocycles. The Morgan fingerprint density at radius 1 is 1.39 bits per heavy atom. The normalized spacial score (nSPS) is 20.3. The minimum absolute atomic E-state index is 0.0539. The molecule has 0 aromatic heterocycles. The van der Waals surface area contributed by atoms with Crippen LogP contribution in [0.2, 0.25) is 10.0 Å². The van der Waals surface area contributed by atoms with Crippen LogP contribution in [0, 0.1) is 0 Å². The molecule has 0 radical (unpaired) electrons. The SMILES string of the molecule is C[N+]1(CCC(=O)O)SNC(OC(N)=O)=C1c1c(Cl)cccc1Cl. The monoisotopic (exact) mass is 378 g/mol. The quantitative estimate of drug-likeness (QED) is 0.537. The highest BCUT2D eigenvalue weighted by atomic mass is 35.5. The molecule has 10 heteroatoms. The molecule has 4 N–H and O–H groups in total. The molecular formula is C13H14Cl2N3O4S+. The van der Waals surface area contributed by atoms with Crippen molar-refractivity contribution >= 4 is 53.1 Å². The summed E-state index contributed by atoms with van der Waals surface area (Å²) in [5.41, 5.74) is 5.99. The van der Waals surface area contributed by atoms with Crippen LogP contribution in [0.1, 0.15) is 12.0 Å². The van der Waals surface area contributed by atoms with Crippen molar-refractivity contribution in [3.8, 4) is 0 Å². The van der Waals surface area contributed by atoms with Crippen LogP contribution in [0.25, 0.3) is 5.70 Å². The zero-order valence-corrected chi connectivity index (χ0v) is 14.3. The van der Waals surface area contributed by atoms with E-state index in [-0.39, 0.29) is 22.7 Å². The molecule has 1 amide bonds. The first kappa shape index (κ1) is 17.7. The molecular weight excluding hydrogens is 365 g/mol. The summed E-state index contributed by atoms with van der Waals surface area (Å²) >= 11 is 13.7. The van der Waals surface area contributed by atoms with E-state index in [1.165, 1.54) is 0 Å². The van der Waals surface area contributed by atoms with E-state index < -0.39 is 12.1 Å². The highest BCUT2D eigenvalue weighted by Crippen LogP contribution is 2.45. The fourth-order valence-electron chi connectivity index (χ4n) is 2.16. The Balaban J connectivity index is 2.56. The third kappa shape index (κ3) is 3.84. The largest absolute Gasteiger partial charge is 0.481 e. The lowest BCUT2D eigenvalue weighted by atomic mass is 10.1. The summed E-state index contributed by atoms with van der Waals surface area (Å²) in [4.78, 5) is 22.1. The lowest BCUT2D eigenvalue weighted by Crippen LogP contribution is -2.35. The smallest absolute Gasteiger partial charge is 0.411 e. The van der Waals surface area contributed by atoms with Gasteiger partial charge in [-0.15, -0.1) is 0 Å². The average molecular weight is 379 g/mol. The van der Waals surface area contributed by atoms with E-state index in [2.05, 4.69) is 4.72 Å². The number of benzene rings is 1. The van der Waals surface area contributed by atoms with Crippen LogP contribution in [-0.2, 0) is 9.53 Å². The number of ether oxygens (including phenoxy) is 1. The Hall–Kier alpha value is -1.61. The maximum Gasteiger partial charge on any atom is 0.411 e. The van der Waals surface area contributed by atoms with Crippen molar-refractivity contribution in [3.63, 3.8) is 0 Å². The number of rotatable bonds is 5. The van der Waals surface area contributed by atoms with Crippen LogP contribution in [0.3, 0.4) is 0 Å². The zero-order valence-electron chi connectivity index (χ0n) is 12.0. The molecule has 1 aliphatic heterocycles. The number of hydrogen-bond acceptors (Lipinski definition) is 5. The van der Waals surface area contributed by atoms with Crippen LogP contribution < -0.4 is 10.5 Å². The highest BCUT2D eigenvalue weighted by Gasteiger charge is 2.44. The average Bonchev–Trinajstić information content (AvgIpc) is 2.75. The summed E-state index contributed by atoms with van der Waals surface area (Å²) in [6.45, 7) is 0.218. The van der Waals surface area contributed by atoms with Crippen molar-refractivity contribution in [2.24, 2.45) is 5.73 Å². The fourth-order valence-corrected chi connectivity index (χ4v) is 3.61. The second kappa shape index (κ2) is 6.88. The molecule has 1 atom stereocenters. The molecule has 23 heavy (non-hydrogen) atoms. The first-order valence-corrected chi connectivity index (χ1v) is 7.96. The van der Waals surface area contributed by atoms with Gasteiger partial charge in [-0.25, -0.2) is 13.4 Å². The maximum absolute atomic E-state index is 11.1. The van der Waals surface area contributed by atoms with Crippen molar-refractivity contribution in [1.29, 1.82) is 0 Å². The summed E-state index contributed by atoms with van der Waals surface area (Å²) in [6, 6.07) is 4.96. The molecule has 0 aliphatic carbocycles. The fraction of sp³-hybridized carbons (Fsp3) is 0.231. The van der Waals surface area contributed by atoms with Crippen LogP contribution in [-0.4, -0.2) is 34.6 Å². The molecule has 0 spiro atoms. The second-order valence-electron chi connectivity index (χ2n) is 4.86. The van der Waals surface area contributed by atoms with Gasteiger partial charge in [-0.1, -0.05) is 29.3 Å². The van der Waals surface area contributed by atoms with E-state index in [0.29, 0.717) is 21.3 Å². The summed E-state index contributed by atoms with van der Waals surface area (Å²) in [7, 11) is 1.76. The van der Waals surface area contributed by atoms with Crippen molar-refractivity contribution in [2.45, 2.75) is 6.42 Å². The number of nitrogens with one attached hydrogen (secondary N) is 1. The van der Waals surface area contributed by atoms with Crippen LogP contribution in [0.15, 0.2) is 24.1 Å². The van der Waals surface area contributed by atoms with Gasteiger partial charge in [-0.3, -0.25) is 4.79 Å². The molecule has 124 valence electrons. The van der Waals surface area contributed by atoms with Gasteiger partial charge in [-0.05, 0) is 12.1 Å². The molecule has 0 bridgehead atoms. The number of nitrogens with zero attached hydrogens (tertiary/aromatic N) is 1. The van der Waals surface area contributed by atoms with Crippen LogP contribution >= 0.6 is 35.3 Å². The first-order chi connectivity index (χ1) is 10.7. The van der Waals surface area contributed by atoms with Gasteiger partial charge in [0.25, 0.3) is 5.88 Å². The molecule has 0 saturated carbocycles. The molecule has 0 fully saturated rings. The number of carbonyl (C=O) groups is 2. The van der Waals surface area contributed by atoms with E-state index in [1.54, 1.807) is 25.2 Å². The number of carboxylic acid groups (broad SMARTS) is 1. The van der Waals surface area contributed by atoms with Crippen molar-refractivity contribution < 1.29 is 23.3 Å². The Labute approximate surface area is 146 Å². The lowest BCUT2D eigenvalue weighted by molar-refractivity contribution is -0.692. The third-order valence-corrected chi connectivity index (χ3v) is 4.86. The maximum atomic E-state index is 11.1. The van der Waals surface area contributed by atoms with Gasteiger partial charge >= 0.3 is 12.1 Å². The molecule has 1 aliphatic rings. The van der Waals surface area contributed by atoms with E-state index in [0.717, 1.165) is 12.1 Å². The van der Waals surface area contributed by atoms with Gasteiger partial charge in [0.1, 0.15) is 6.54 Å². The molecule has 1 aromatic carbocycles. The Morgan fingerprint density at radius 2 is 2.00 bits per heavy atom. The van der Waals surface area contributed by atoms with Crippen molar-refractivity contribution in [3.05, 3.63) is 39.7 Å². The lowest BCUT2D eigenvalue weighted by Gasteiger charge is -2.27. The summed E-state index contributed by atoms with van der Waals surface area (Å²) in [5, 5.41) is 9.65. The summed E-state index contributed by atoms with van der Waals surface area (Å²) in [5.74, 6) is -0.857. The molecule has 2 rings (SSSR count). The number of nitrogens with two attached hydrogens (primary N) is 1. The number of carboxylic acids is 1. The van der Waals surface area contributed by atoms with Gasteiger partial charge < -0.3 is 15.6 Å². The Morgan fingerprint density at radius 3 is 2.52 bits per heavy atom. The van der Waals surface area contributed by atoms with Gasteiger partial charge in [-0.2, -0.15) is 0 Å². The van der Waals surface area contributed by atoms with Crippen LogP contribution in [0.5, 0.6) is 0 Å². The molecule has 1 unspecified atom stereocenters.